The molecule has 0 amide bonds. The Hall–Kier alpha value is -2.44. The standard InChI is InChI=1S/C16H21N5O2/c1-3-21-16-14(9-18-21)15(13(8-17-16)10(2)22)19-11-4-6-12(20-23)7-5-11/h8-9,11,23H,3-7H2,1-2H3,(H,17,19). The van der Waals surface area contributed by atoms with Gasteiger partial charge in [-0.1, -0.05) is 5.16 Å². The summed E-state index contributed by atoms with van der Waals surface area (Å²) < 4.78 is 1.82. The average molecular weight is 315 g/mol. The van der Waals surface area contributed by atoms with Crippen molar-refractivity contribution in [3.8, 4) is 0 Å². The summed E-state index contributed by atoms with van der Waals surface area (Å²) in [4.78, 5) is 16.4. The fourth-order valence-corrected chi connectivity index (χ4v) is 3.08. The van der Waals surface area contributed by atoms with Crippen molar-refractivity contribution >= 4 is 28.2 Å². The van der Waals surface area contributed by atoms with E-state index in [9.17, 15) is 4.79 Å². The zero-order valence-electron chi connectivity index (χ0n) is 13.4. The number of rotatable bonds is 4. The molecule has 0 saturated heterocycles. The van der Waals surface area contributed by atoms with Crippen molar-refractivity contribution in [1.29, 1.82) is 0 Å². The smallest absolute Gasteiger partial charge is 0.163 e. The number of carbonyl (C=O) groups excluding carboxylic acids is 1. The molecule has 0 spiro atoms. The summed E-state index contributed by atoms with van der Waals surface area (Å²) >= 11 is 0. The van der Waals surface area contributed by atoms with Gasteiger partial charge in [-0.2, -0.15) is 5.10 Å². The summed E-state index contributed by atoms with van der Waals surface area (Å²) in [5.74, 6) is -0.0143. The van der Waals surface area contributed by atoms with Crippen LogP contribution in [0.5, 0.6) is 0 Å². The van der Waals surface area contributed by atoms with Gasteiger partial charge in [0.15, 0.2) is 11.4 Å². The van der Waals surface area contributed by atoms with Crippen LogP contribution in [0.2, 0.25) is 0 Å². The number of nitrogens with one attached hydrogen (secondary N) is 1. The second kappa shape index (κ2) is 6.36. The fraction of sp³-hybridized carbons (Fsp3) is 0.500. The summed E-state index contributed by atoms with van der Waals surface area (Å²) in [6.45, 7) is 4.29. The van der Waals surface area contributed by atoms with E-state index < -0.39 is 0 Å². The number of fused-ring (bicyclic) bond motifs is 1. The first-order valence-corrected chi connectivity index (χ1v) is 7.95. The van der Waals surface area contributed by atoms with Gasteiger partial charge in [0.2, 0.25) is 0 Å². The molecule has 1 aliphatic rings. The minimum absolute atomic E-state index is 0.0143. The van der Waals surface area contributed by atoms with Gasteiger partial charge in [-0.05, 0) is 39.5 Å². The Morgan fingerprint density at radius 2 is 2.17 bits per heavy atom. The molecule has 0 aromatic carbocycles. The number of carbonyl (C=O) groups is 1. The summed E-state index contributed by atoms with van der Waals surface area (Å²) in [6, 6.07) is 0.245. The van der Waals surface area contributed by atoms with Crippen LogP contribution in [0.15, 0.2) is 17.5 Å². The van der Waals surface area contributed by atoms with Gasteiger partial charge in [0, 0.05) is 18.8 Å². The van der Waals surface area contributed by atoms with Crippen LogP contribution in [0.3, 0.4) is 0 Å². The van der Waals surface area contributed by atoms with Crippen LogP contribution >= 0.6 is 0 Å². The molecule has 7 nitrogen and oxygen atoms in total. The molecule has 0 aliphatic heterocycles. The van der Waals surface area contributed by atoms with Crippen molar-refractivity contribution in [3.63, 3.8) is 0 Å². The largest absolute Gasteiger partial charge is 0.411 e. The minimum Gasteiger partial charge on any atom is -0.411 e. The summed E-state index contributed by atoms with van der Waals surface area (Å²) in [5.41, 5.74) is 3.04. The highest BCUT2D eigenvalue weighted by molar-refractivity contribution is 6.06. The number of pyridine rings is 1. The number of aromatic nitrogens is 3. The molecule has 2 aromatic rings. The first-order chi connectivity index (χ1) is 11.1. The number of Topliss-reactive ketones (excluding diaryl/α,β-unsaturated/α-hetero) is 1. The fourth-order valence-electron chi connectivity index (χ4n) is 3.08. The molecule has 1 aliphatic carbocycles. The molecule has 2 N–H and O–H groups in total. The Kier molecular flexibility index (Phi) is 4.27. The highest BCUT2D eigenvalue weighted by atomic mass is 16.4. The van der Waals surface area contributed by atoms with E-state index in [0.29, 0.717) is 5.56 Å². The van der Waals surface area contributed by atoms with E-state index >= 15 is 0 Å². The molecule has 122 valence electrons. The van der Waals surface area contributed by atoms with E-state index in [1.54, 1.807) is 19.3 Å². The Morgan fingerprint density at radius 3 is 2.78 bits per heavy atom. The Bertz CT molecular complexity index is 755. The lowest BCUT2D eigenvalue weighted by Gasteiger charge is -2.25. The molecule has 3 rings (SSSR count). The van der Waals surface area contributed by atoms with E-state index in [-0.39, 0.29) is 11.8 Å². The predicted molar refractivity (Wildman–Crippen MR) is 88.3 cm³/mol. The molecule has 0 radical (unpaired) electrons. The number of aryl methyl sites for hydroxylation is 1. The van der Waals surface area contributed by atoms with Crippen LogP contribution in [0.1, 0.15) is 49.9 Å². The molecule has 1 fully saturated rings. The van der Waals surface area contributed by atoms with Crippen molar-refractivity contribution < 1.29 is 10.0 Å². The van der Waals surface area contributed by atoms with Gasteiger partial charge in [-0.15, -0.1) is 0 Å². The lowest BCUT2D eigenvalue weighted by molar-refractivity contribution is 0.101. The van der Waals surface area contributed by atoms with Crippen LogP contribution in [0.4, 0.5) is 5.69 Å². The SMILES string of the molecule is CCn1ncc2c(NC3CCC(=NO)CC3)c(C(C)=O)cnc21. The molecule has 7 heteroatoms. The molecule has 23 heavy (non-hydrogen) atoms. The van der Waals surface area contributed by atoms with E-state index in [1.165, 1.54) is 0 Å². The highest BCUT2D eigenvalue weighted by Gasteiger charge is 2.22. The monoisotopic (exact) mass is 315 g/mol. The summed E-state index contributed by atoms with van der Waals surface area (Å²) in [7, 11) is 0. The number of oxime groups is 1. The van der Waals surface area contributed by atoms with Crippen LogP contribution in [0, 0.1) is 0 Å². The van der Waals surface area contributed by atoms with Crippen LogP contribution in [-0.2, 0) is 6.54 Å². The minimum atomic E-state index is -0.0143. The third-order valence-electron chi connectivity index (χ3n) is 4.40. The normalized spacial score (nSPS) is 18.2. The third kappa shape index (κ3) is 2.91. The first-order valence-electron chi connectivity index (χ1n) is 7.95. The van der Waals surface area contributed by atoms with Gasteiger partial charge >= 0.3 is 0 Å². The maximum Gasteiger partial charge on any atom is 0.163 e. The van der Waals surface area contributed by atoms with Crippen molar-refractivity contribution in [3.05, 3.63) is 18.0 Å². The predicted octanol–water partition coefficient (Wildman–Crippen LogP) is 2.84. The quantitative estimate of drug-likeness (QED) is 0.514. The molecule has 0 unspecified atom stereocenters. The maximum atomic E-state index is 12.0. The third-order valence-corrected chi connectivity index (χ3v) is 4.40. The zero-order valence-corrected chi connectivity index (χ0v) is 13.4. The van der Waals surface area contributed by atoms with Crippen molar-refractivity contribution in [1.82, 2.24) is 14.8 Å². The zero-order chi connectivity index (χ0) is 16.4. The second-order valence-electron chi connectivity index (χ2n) is 5.89. The molecule has 2 aromatic heterocycles. The number of nitrogens with zero attached hydrogens (tertiary/aromatic N) is 4. The van der Waals surface area contributed by atoms with Gasteiger partial charge in [-0.3, -0.25) is 4.79 Å². The molecule has 2 heterocycles. The number of hydrogen-bond acceptors (Lipinski definition) is 6. The Morgan fingerprint density at radius 1 is 1.43 bits per heavy atom. The van der Waals surface area contributed by atoms with E-state index in [2.05, 4.69) is 20.6 Å². The van der Waals surface area contributed by atoms with Crippen molar-refractivity contribution in [2.24, 2.45) is 5.16 Å². The van der Waals surface area contributed by atoms with Crippen LogP contribution in [-0.4, -0.2) is 37.5 Å². The van der Waals surface area contributed by atoms with Gasteiger partial charge in [0.05, 0.1) is 28.5 Å². The van der Waals surface area contributed by atoms with Crippen LogP contribution < -0.4 is 5.32 Å². The Labute approximate surface area is 134 Å². The molecule has 0 atom stereocenters. The lowest BCUT2D eigenvalue weighted by Crippen LogP contribution is -2.27. The maximum absolute atomic E-state index is 12.0. The van der Waals surface area contributed by atoms with Gasteiger partial charge in [-0.25, -0.2) is 9.67 Å². The summed E-state index contributed by atoms with van der Waals surface area (Å²) in [6.07, 6.45) is 6.69. The van der Waals surface area contributed by atoms with Gasteiger partial charge in [0.1, 0.15) is 0 Å². The first kappa shape index (κ1) is 15.5. The lowest BCUT2D eigenvalue weighted by atomic mass is 9.93. The van der Waals surface area contributed by atoms with Gasteiger partial charge < -0.3 is 10.5 Å². The second-order valence-corrected chi connectivity index (χ2v) is 5.89. The number of ketones is 1. The van der Waals surface area contributed by atoms with E-state index in [4.69, 9.17) is 5.21 Å². The number of anilines is 1. The topological polar surface area (TPSA) is 92.4 Å². The molecule has 1 saturated carbocycles. The Balaban J connectivity index is 1.96. The highest BCUT2D eigenvalue weighted by Crippen LogP contribution is 2.29. The summed E-state index contributed by atoms with van der Waals surface area (Å²) in [5, 5.41) is 20.9. The van der Waals surface area contributed by atoms with Crippen molar-refractivity contribution in [2.75, 3.05) is 5.32 Å². The average Bonchev–Trinajstić information content (AvgIpc) is 2.99. The van der Waals surface area contributed by atoms with Crippen LogP contribution in [0.25, 0.3) is 11.0 Å². The molecule has 0 bridgehead atoms. The molecular weight excluding hydrogens is 294 g/mol. The van der Waals surface area contributed by atoms with Gasteiger partial charge in [0.25, 0.3) is 0 Å². The van der Waals surface area contributed by atoms with Crippen molar-refractivity contribution in [2.45, 2.75) is 52.1 Å². The van der Waals surface area contributed by atoms with E-state index in [0.717, 1.165) is 54.7 Å². The van der Waals surface area contributed by atoms with E-state index in [1.807, 2.05) is 11.6 Å². The molecular formula is C16H21N5O2. The number of hydrogen-bond donors (Lipinski definition) is 2.